The van der Waals surface area contributed by atoms with E-state index in [0.717, 1.165) is 5.56 Å². The Morgan fingerprint density at radius 3 is 2.56 bits per heavy atom. The molecular formula is C19H17FN2O3. The fraction of sp³-hybridized carbons (Fsp3) is 0.158. The third kappa shape index (κ3) is 4.82. The van der Waals surface area contributed by atoms with Gasteiger partial charge in [-0.1, -0.05) is 18.2 Å². The van der Waals surface area contributed by atoms with Gasteiger partial charge in [-0.25, -0.2) is 4.39 Å². The molecular weight excluding hydrogens is 323 g/mol. The second-order valence-corrected chi connectivity index (χ2v) is 5.07. The van der Waals surface area contributed by atoms with E-state index in [1.54, 1.807) is 30.3 Å². The maximum absolute atomic E-state index is 12.9. The summed E-state index contributed by atoms with van der Waals surface area (Å²) < 4.78 is 23.9. The molecule has 0 aromatic heterocycles. The first-order valence-electron chi connectivity index (χ1n) is 7.46. The number of rotatable bonds is 6. The third-order valence-electron chi connectivity index (χ3n) is 3.40. The summed E-state index contributed by atoms with van der Waals surface area (Å²) in [5.41, 5.74) is 1.44. The highest BCUT2D eigenvalue weighted by atomic mass is 19.1. The van der Waals surface area contributed by atoms with Crippen molar-refractivity contribution in [3.8, 4) is 17.6 Å². The molecule has 6 heteroatoms. The van der Waals surface area contributed by atoms with Gasteiger partial charge in [0, 0.05) is 7.05 Å². The molecule has 1 N–H and O–H groups in total. The second kappa shape index (κ2) is 8.50. The molecule has 2 rings (SSSR count). The Labute approximate surface area is 145 Å². The topological polar surface area (TPSA) is 71.4 Å². The van der Waals surface area contributed by atoms with E-state index in [0.29, 0.717) is 17.1 Å². The maximum Gasteiger partial charge on any atom is 0.261 e. The number of hydrogen-bond donors (Lipinski definition) is 1. The highest BCUT2D eigenvalue weighted by Crippen LogP contribution is 2.29. The van der Waals surface area contributed by atoms with Crippen LogP contribution in [0.2, 0.25) is 0 Å². The van der Waals surface area contributed by atoms with Gasteiger partial charge in [0.1, 0.15) is 24.1 Å². The first-order valence-corrected chi connectivity index (χ1v) is 7.46. The quantitative estimate of drug-likeness (QED) is 0.648. The average Bonchev–Trinajstić information content (AvgIpc) is 2.65. The Balaban J connectivity index is 2.18. The summed E-state index contributed by atoms with van der Waals surface area (Å²) in [4.78, 5) is 11.6. The lowest BCUT2D eigenvalue weighted by atomic mass is 10.1. The number of benzene rings is 2. The fourth-order valence-electron chi connectivity index (χ4n) is 2.08. The zero-order chi connectivity index (χ0) is 18.2. The minimum Gasteiger partial charge on any atom is -0.493 e. The van der Waals surface area contributed by atoms with Crippen molar-refractivity contribution in [1.29, 1.82) is 5.26 Å². The molecule has 0 fully saturated rings. The van der Waals surface area contributed by atoms with Crippen LogP contribution in [0.15, 0.2) is 48.0 Å². The Bertz CT molecular complexity index is 824. The van der Waals surface area contributed by atoms with Crippen LogP contribution in [0.25, 0.3) is 6.08 Å². The van der Waals surface area contributed by atoms with Crippen LogP contribution in [0.4, 0.5) is 4.39 Å². The number of carbonyl (C=O) groups excluding carboxylic acids is 1. The molecule has 0 aliphatic carbocycles. The van der Waals surface area contributed by atoms with E-state index in [-0.39, 0.29) is 18.0 Å². The van der Waals surface area contributed by atoms with Gasteiger partial charge in [0.2, 0.25) is 0 Å². The first kappa shape index (κ1) is 18.0. The predicted octanol–water partition coefficient (Wildman–Crippen LogP) is 3.07. The van der Waals surface area contributed by atoms with Gasteiger partial charge in [0.05, 0.1) is 7.11 Å². The van der Waals surface area contributed by atoms with Crippen molar-refractivity contribution in [2.75, 3.05) is 14.2 Å². The van der Waals surface area contributed by atoms with Crippen molar-refractivity contribution in [3.05, 3.63) is 65.0 Å². The molecule has 128 valence electrons. The molecule has 0 radical (unpaired) electrons. The summed E-state index contributed by atoms with van der Waals surface area (Å²) in [5.74, 6) is 0.201. The molecule has 0 bridgehead atoms. The number of likely N-dealkylation sites (N-methyl/N-ethyl adjacent to an activating group) is 1. The van der Waals surface area contributed by atoms with Gasteiger partial charge in [-0.3, -0.25) is 4.79 Å². The van der Waals surface area contributed by atoms with Gasteiger partial charge in [0.15, 0.2) is 11.5 Å². The molecule has 0 saturated heterocycles. The highest BCUT2D eigenvalue weighted by Gasteiger charge is 2.09. The van der Waals surface area contributed by atoms with Crippen molar-refractivity contribution in [3.63, 3.8) is 0 Å². The van der Waals surface area contributed by atoms with Gasteiger partial charge in [-0.15, -0.1) is 0 Å². The molecule has 0 heterocycles. The predicted molar refractivity (Wildman–Crippen MR) is 91.4 cm³/mol. The second-order valence-electron chi connectivity index (χ2n) is 5.07. The van der Waals surface area contributed by atoms with E-state index < -0.39 is 5.91 Å². The molecule has 1 amide bonds. The normalized spacial score (nSPS) is 10.7. The first-order chi connectivity index (χ1) is 12.1. The number of hydrogen-bond acceptors (Lipinski definition) is 4. The summed E-state index contributed by atoms with van der Waals surface area (Å²) in [5, 5.41) is 11.4. The summed E-state index contributed by atoms with van der Waals surface area (Å²) in [6, 6.07) is 12.9. The van der Waals surface area contributed by atoms with E-state index >= 15 is 0 Å². The van der Waals surface area contributed by atoms with E-state index in [1.807, 2.05) is 6.07 Å². The van der Waals surface area contributed by atoms with E-state index in [2.05, 4.69) is 5.32 Å². The highest BCUT2D eigenvalue weighted by molar-refractivity contribution is 6.01. The maximum atomic E-state index is 12.9. The molecule has 5 nitrogen and oxygen atoms in total. The van der Waals surface area contributed by atoms with Crippen molar-refractivity contribution < 1.29 is 18.7 Å². The van der Waals surface area contributed by atoms with Crippen molar-refractivity contribution in [2.24, 2.45) is 0 Å². The van der Waals surface area contributed by atoms with Gasteiger partial charge >= 0.3 is 0 Å². The molecule has 0 unspecified atom stereocenters. The summed E-state index contributed by atoms with van der Waals surface area (Å²) in [6.07, 6.45) is 1.46. The van der Waals surface area contributed by atoms with Crippen LogP contribution < -0.4 is 14.8 Å². The van der Waals surface area contributed by atoms with E-state index in [1.165, 1.54) is 32.4 Å². The molecule has 0 spiro atoms. The monoisotopic (exact) mass is 340 g/mol. The van der Waals surface area contributed by atoms with Crippen LogP contribution in [0.3, 0.4) is 0 Å². The molecule has 0 atom stereocenters. The molecule has 25 heavy (non-hydrogen) atoms. The molecule has 2 aromatic carbocycles. The number of halogens is 1. The minimum atomic E-state index is -0.460. The SMILES string of the molecule is CNC(=O)/C(C#N)=C/c1ccc(OCc2ccc(F)cc2)c(OC)c1. The molecule has 2 aromatic rings. The van der Waals surface area contributed by atoms with Crippen LogP contribution in [0.1, 0.15) is 11.1 Å². The standard InChI is InChI=1S/C19H17FN2O3/c1-22-19(23)15(11-21)9-14-5-8-17(18(10-14)24-2)25-12-13-3-6-16(20)7-4-13/h3-10H,12H2,1-2H3,(H,22,23)/b15-9+. The van der Waals surface area contributed by atoms with Crippen LogP contribution in [-0.2, 0) is 11.4 Å². The number of carbonyl (C=O) groups is 1. The summed E-state index contributed by atoms with van der Waals surface area (Å²) >= 11 is 0. The van der Waals surface area contributed by atoms with Crippen LogP contribution in [-0.4, -0.2) is 20.1 Å². The zero-order valence-corrected chi connectivity index (χ0v) is 13.9. The van der Waals surface area contributed by atoms with Crippen LogP contribution >= 0.6 is 0 Å². The molecule has 0 aliphatic heterocycles. The van der Waals surface area contributed by atoms with Gasteiger partial charge in [-0.2, -0.15) is 5.26 Å². The molecule has 0 aliphatic rings. The lowest BCUT2D eigenvalue weighted by molar-refractivity contribution is -0.116. The lowest BCUT2D eigenvalue weighted by Crippen LogP contribution is -2.19. The van der Waals surface area contributed by atoms with E-state index in [4.69, 9.17) is 14.7 Å². The number of ether oxygens (including phenoxy) is 2. The van der Waals surface area contributed by atoms with Crippen molar-refractivity contribution >= 4 is 12.0 Å². The van der Waals surface area contributed by atoms with Gasteiger partial charge < -0.3 is 14.8 Å². The number of nitrogens with one attached hydrogen (secondary N) is 1. The number of nitriles is 1. The minimum absolute atomic E-state index is 0.00969. The van der Waals surface area contributed by atoms with E-state index in [9.17, 15) is 9.18 Å². The molecule has 0 saturated carbocycles. The smallest absolute Gasteiger partial charge is 0.261 e. The van der Waals surface area contributed by atoms with Crippen LogP contribution in [0.5, 0.6) is 11.5 Å². The zero-order valence-electron chi connectivity index (χ0n) is 13.9. The number of nitrogens with zero attached hydrogens (tertiary/aromatic N) is 1. The summed E-state index contributed by atoms with van der Waals surface area (Å²) in [7, 11) is 2.96. The Kier molecular flexibility index (Phi) is 6.13. The Morgan fingerprint density at radius 2 is 1.96 bits per heavy atom. The third-order valence-corrected chi connectivity index (χ3v) is 3.40. The number of methoxy groups -OCH3 is 1. The fourth-order valence-corrected chi connectivity index (χ4v) is 2.08. The average molecular weight is 340 g/mol. The van der Waals surface area contributed by atoms with Crippen molar-refractivity contribution in [2.45, 2.75) is 6.61 Å². The van der Waals surface area contributed by atoms with Gasteiger partial charge in [0.25, 0.3) is 5.91 Å². The van der Waals surface area contributed by atoms with Gasteiger partial charge in [-0.05, 0) is 41.5 Å². The Morgan fingerprint density at radius 1 is 1.24 bits per heavy atom. The van der Waals surface area contributed by atoms with Crippen molar-refractivity contribution in [1.82, 2.24) is 5.32 Å². The summed E-state index contributed by atoms with van der Waals surface area (Å²) in [6.45, 7) is 0.257. The largest absolute Gasteiger partial charge is 0.493 e. The Hall–Kier alpha value is -3.33. The number of amides is 1. The van der Waals surface area contributed by atoms with Crippen LogP contribution in [0, 0.1) is 17.1 Å². The lowest BCUT2D eigenvalue weighted by Gasteiger charge is -2.11.